The molecule has 0 spiro atoms. The fraction of sp³-hybridized carbons (Fsp3) is 0.217. The second kappa shape index (κ2) is 10.0. The van der Waals surface area contributed by atoms with Gasteiger partial charge in [-0.05, 0) is 42.0 Å². The first-order chi connectivity index (χ1) is 17.4. The Hall–Kier alpha value is -4.20. The topological polar surface area (TPSA) is 121 Å². The Morgan fingerprint density at radius 1 is 1.22 bits per heavy atom. The van der Waals surface area contributed by atoms with Gasteiger partial charge in [0.25, 0.3) is 0 Å². The molecule has 4 aromatic rings. The van der Waals surface area contributed by atoms with Crippen LogP contribution < -0.4 is 10.1 Å². The number of halogens is 3. The Bertz CT molecular complexity index is 1560. The number of nitrogens with one attached hydrogen (secondary N) is 1. The normalized spacial score (nSPS) is 12.0. The zero-order valence-corrected chi connectivity index (χ0v) is 20.3. The third kappa shape index (κ3) is 6.33. The molecule has 3 heterocycles. The van der Waals surface area contributed by atoms with Crippen LogP contribution in [-0.2, 0) is 27.7 Å². The summed E-state index contributed by atoms with van der Waals surface area (Å²) in [5.41, 5.74) is 2.56. The van der Waals surface area contributed by atoms with E-state index < -0.39 is 22.1 Å². The van der Waals surface area contributed by atoms with Gasteiger partial charge in [-0.25, -0.2) is 18.1 Å². The van der Waals surface area contributed by atoms with Gasteiger partial charge >= 0.3 is 6.36 Å². The fourth-order valence-corrected chi connectivity index (χ4v) is 4.09. The highest BCUT2D eigenvalue weighted by molar-refractivity contribution is 7.90. The van der Waals surface area contributed by atoms with Gasteiger partial charge < -0.3 is 10.1 Å². The number of amides is 1. The molecule has 4 rings (SSSR count). The molecule has 0 saturated carbocycles. The zero-order chi connectivity index (χ0) is 26.8. The summed E-state index contributed by atoms with van der Waals surface area (Å²) in [4.78, 5) is 16.2. The van der Waals surface area contributed by atoms with Gasteiger partial charge in [0.2, 0.25) is 5.91 Å². The van der Waals surface area contributed by atoms with E-state index >= 15 is 0 Å². The highest BCUT2D eigenvalue weighted by Crippen LogP contribution is 2.32. The van der Waals surface area contributed by atoms with Crippen molar-refractivity contribution in [3.05, 3.63) is 67.3 Å². The first-order valence-electron chi connectivity index (χ1n) is 10.8. The van der Waals surface area contributed by atoms with Gasteiger partial charge in [0, 0.05) is 24.2 Å². The number of sulfone groups is 1. The number of carbonyl (C=O) groups excluding carboxylic acids is 1. The minimum absolute atomic E-state index is 0.0184. The Kier molecular flexibility index (Phi) is 7.03. The molecule has 1 aromatic carbocycles. The summed E-state index contributed by atoms with van der Waals surface area (Å²) >= 11 is 0. The summed E-state index contributed by atoms with van der Waals surface area (Å²) in [6.07, 6.45) is 2.24. The standard InChI is InChI=1S/C23H21F3N6O4S/c1-3-20(33)28-13-19-21-18(15-12-29-31(14-15)10-11-37(2,34)35)8-9-27-22(21)32(30-19)16-4-6-17(7-5-16)36-23(24,25)26/h3-9,12,14H,1,10-11,13H2,2H3,(H,28,33). The summed E-state index contributed by atoms with van der Waals surface area (Å²) in [5.74, 6) is -0.887. The van der Waals surface area contributed by atoms with Crippen LogP contribution >= 0.6 is 0 Å². The Balaban J connectivity index is 1.78. The van der Waals surface area contributed by atoms with Crippen LogP contribution in [0.25, 0.3) is 27.8 Å². The average Bonchev–Trinajstić information content (AvgIpc) is 3.45. The summed E-state index contributed by atoms with van der Waals surface area (Å²) in [6.45, 7) is 3.61. The molecule has 0 atom stereocenters. The van der Waals surface area contributed by atoms with Crippen LogP contribution in [0.2, 0.25) is 0 Å². The molecule has 0 saturated heterocycles. The van der Waals surface area contributed by atoms with Crippen molar-refractivity contribution >= 4 is 26.8 Å². The molecule has 37 heavy (non-hydrogen) atoms. The lowest BCUT2D eigenvalue weighted by molar-refractivity contribution is -0.274. The maximum atomic E-state index is 12.5. The number of alkyl halides is 3. The van der Waals surface area contributed by atoms with Crippen molar-refractivity contribution in [1.29, 1.82) is 0 Å². The van der Waals surface area contributed by atoms with Crippen molar-refractivity contribution in [2.75, 3.05) is 12.0 Å². The van der Waals surface area contributed by atoms with Gasteiger partial charge in [0.15, 0.2) is 5.65 Å². The number of carbonyl (C=O) groups is 1. The number of benzene rings is 1. The first-order valence-corrected chi connectivity index (χ1v) is 12.8. The molecule has 0 aliphatic heterocycles. The average molecular weight is 535 g/mol. The maximum Gasteiger partial charge on any atom is 0.573 e. The SMILES string of the molecule is C=CC(=O)NCc1nn(-c2ccc(OC(F)(F)F)cc2)c2nccc(-c3cnn(CCS(C)(=O)=O)c3)c12. The number of aryl methyl sites for hydroxylation is 1. The number of nitrogens with zero attached hydrogens (tertiary/aromatic N) is 5. The van der Waals surface area contributed by atoms with Crippen LogP contribution in [0.5, 0.6) is 5.75 Å². The van der Waals surface area contributed by atoms with Crippen LogP contribution in [0.1, 0.15) is 5.69 Å². The van der Waals surface area contributed by atoms with Crippen molar-refractivity contribution in [3.8, 4) is 22.6 Å². The van der Waals surface area contributed by atoms with E-state index in [1.165, 1.54) is 27.7 Å². The molecule has 14 heteroatoms. The monoisotopic (exact) mass is 534 g/mol. The molecule has 0 aliphatic carbocycles. The zero-order valence-electron chi connectivity index (χ0n) is 19.4. The Morgan fingerprint density at radius 3 is 2.59 bits per heavy atom. The minimum atomic E-state index is -4.82. The summed E-state index contributed by atoms with van der Waals surface area (Å²) in [5, 5.41) is 12.0. The van der Waals surface area contributed by atoms with E-state index in [-0.39, 0.29) is 24.6 Å². The predicted octanol–water partition coefficient (Wildman–Crippen LogP) is 3.03. The number of aromatic nitrogens is 5. The smallest absolute Gasteiger partial charge is 0.406 e. The van der Waals surface area contributed by atoms with Gasteiger partial charge in [-0.2, -0.15) is 10.2 Å². The number of hydrogen-bond acceptors (Lipinski definition) is 7. The quantitative estimate of drug-likeness (QED) is 0.328. The number of ether oxygens (including phenoxy) is 1. The van der Waals surface area contributed by atoms with E-state index in [2.05, 4.69) is 31.8 Å². The second-order valence-corrected chi connectivity index (χ2v) is 10.3. The predicted molar refractivity (Wildman–Crippen MR) is 129 cm³/mol. The first kappa shape index (κ1) is 25.9. The van der Waals surface area contributed by atoms with Gasteiger partial charge in [-0.15, -0.1) is 13.2 Å². The van der Waals surface area contributed by atoms with E-state index in [0.717, 1.165) is 24.5 Å². The Labute approximate surface area is 209 Å². The third-order valence-electron chi connectivity index (χ3n) is 5.21. The van der Waals surface area contributed by atoms with Crippen molar-refractivity contribution in [3.63, 3.8) is 0 Å². The molecule has 0 radical (unpaired) electrons. The van der Waals surface area contributed by atoms with Crippen molar-refractivity contribution in [1.82, 2.24) is 29.9 Å². The summed E-state index contributed by atoms with van der Waals surface area (Å²) in [6, 6.07) is 6.84. The van der Waals surface area contributed by atoms with Crippen molar-refractivity contribution < 1.29 is 31.1 Å². The number of hydrogen-bond donors (Lipinski definition) is 1. The molecule has 0 fully saturated rings. The van der Waals surface area contributed by atoms with E-state index in [1.807, 2.05) is 0 Å². The molecule has 1 amide bonds. The lowest BCUT2D eigenvalue weighted by atomic mass is 10.1. The molecule has 194 valence electrons. The Morgan fingerprint density at radius 2 is 1.95 bits per heavy atom. The molecular weight excluding hydrogens is 513 g/mol. The van der Waals surface area contributed by atoms with Crippen LogP contribution in [0.15, 0.2) is 61.6 Å². The van der Waals surface area contributed by atoms with Gasteiger partial charge in [0.05, 0.1) is 41.8 Å². The third-order valence-corrected chi connectivity index (χ3v) is 6.13. The van der Waals surface area contributed by atoms with Crippen LogP contribution in [0.3, 0.4) is 0 Å². The van der Waals surface area contributed by atoms with E-state index in [4.69, 9.17) is 0 Å². The molecular formula is C23H21F3N6O4S. The molecule has 0 aliphatic rings. The highest BCUT2D eigenvalue weighted by Gasteiger charge is 2.31. The molecule has 0 bridgehead atoms. The number of rotatable bonds is 9. The van der Waals surface area contributed by atoms with Crippen LogP contribution in [0.4, 0.5) is 13.2 Å². The summed E-state index contributed by atoms with van der Waals surface area (Å²) in [7, 11) is -3.18. The van der Waals surface area contributed by atoms with Crippen LogP contribution in [-0.4, -0.2) is 57.2 Å². The number of fused-ring (bicyclic) bond motifs is 1. The number of pyridine rings is 1. The van der Waals surface area contributed by atoms with E-state index in [1.54, 1.807) is 18.5 Å². The lowest BCUT2D eigenvalue weighted by Crippen LogP contribution is -2.20. The summed E-state index contributed by atoms with van der Waals surface area (Å²) < 4.78 is 67.5. The van der Waals surface area contributed by atoms with Gasteiger partial charge in [-0.1, -0.05) is 6.58 Å². The lowest BCUT2D eigenvalue weighted by Gasteiger charge is -2.09. The largest absolute Gasteiger partial charge is 0.573 e. The van der Waals surface area contributed by atoms with Crippen LogP contribution in [0, 0.1) is 0 Å². The van der Waals surface area contributed by atoms with Gasteiger partial charge in [0.1, 0.15) is 15.6 Å². The van der Waals surface area contributed by atoms with E-state index in [0.29, 0.717) is 33.5 Å². The molecule has 10 nitrogen and oxygen atoms in total. The van der Waals surface area contributed by atoms with E-state index in [9.17, 15) is 26.4 Å². The van der Waals surface area contributed by atoms with Crippen molar-refractivity contribution in [2.45, 2.75) is 19.5 Å². The van der Waals surface area contributed by atoms with Gasteiger partial charge in [-0.3, -0.25) is 9.48 Å². The fourth-order valence-electron chi connectivity index (χ4n) is 3.57. The minimum Gasteiger partial charge on any atom is -0.406 e. The molecule has 0 unspecified atom stereocenters. The highest BCUT2D eigenvalue weighted by atomic mass is 32.2. The maximum absolute atomic E-state index is 12.5. The second-order valence-electron chi connectivity index (χ2n) is 8.00. The van der Waals surface area contributed by atoms with Crippen molar-refractivity contribution in [2.24, 2.45) is 0 Å². The molecule has 1 N–H and O–H groups in total. The molecule has 3 aromatic heterocycles.